The van der Waals surface area contributed by atoms with E-state index in [1.165, 1.54) is 0 Å². The Hall–Kier alpha value is -2.83. The third-order valence-electron chi connectivity index (χ3n) is 4.43. The van der Waals surface area contributed by atoms with Gasteiger partial charge in [-0.15, -0.1) is 0 Å². The second-order valence-corrected chi connectivity index (χ2v) is 7.99. The first-order valence-electron chi connectivity index (χ1n) is 8.89. The van der Waals surface area contributed by atoms with Gasteiger partial charge in [-0.25, -0.2) is 13.1 Å². The van der Waals surface area contributed by atoms with E-state index in [0.717, 1.165) is 16.7 Å². The van der Waals surface area contributed by atoms with Crippen molar-refractivity contribution >= 4 is 10.0 Å². The van der Waals surface area contributed by atoms with E-state index in [1.807, 2.05) is 60.7 Å². The van der Waals surface area contributed by atoms with E-state index in [9.17, 15) is 8.42 Å². The molecule has 0 fully saturated rings. The van der Waals surface area contributed by atoms with Crippen molar-refractivity contribution in [3.8, 4) is 22.6 Å². The monoisotopic (exact) mass is 397 g/mol. The third-order valence-corrected chi connectivity index (χ3v) is 5.90. The summed E-state index contributed by atoms with van der Waals surface area (Å²) in [5.41, 5.74) is 2.98. The second kappa shape index (κ2) is 8.91. The van der Waals surface area contributed by atoms with Crippen molar-refractivity contribution < 1.29 is 17.9 Å². The van der Waals surface area contributed by atoms with Crippen LogP contribution in [0.4, 0.5) is 0 Å². The number of methoxy groups -OCH3 is 2. The van der Waals surface area contributed by atoms with Crippen molar-refractivity contribution in [2.75, 3.05) is 20.8 Å². The van der Waals surface area contributed by atoms with Gasteiger partial charge in [-0.1, -0.05) is 48.5 Å². The van der Waals surface area contributed by atoms with Crippen LogP contribution < -0.4 is 14.2 Å². The summed E-state index contributed by atoms with van der Waals surface area (Å²) in [5.74, 6) is 1.27. The highest BCUT2D eigenvalue weighted by molar-refractivity contribution is 7.89. The van der Waals surface area contributed by atoms with Crippen molar-refractivity contribution in [3.63, 3.8) is 0 Å². The predicted molar refractivity (Wildman–Crippen MR) is 110 cm³/mol. The maximum atomic E-state index is 12.5. The quantitative estimate of drug-likeness (QED) is 0.626. The summed E-state index contributed by atoms with van der Waals surface area (Å²) in [6.45, 7) is 0.290. The van der Waals surface area contributed by atoms with Gasteiger partial charge in [0.25, 0.3) is 0 Å². The third kappa shape index (κ3) is 4.71. The fraction of sp³-hybridized carbons (Fsp3) is 0.182. The zero-order valence-corrected chi connectivity index (χ0v) is 16.7. The normalized spacial score (nSPS) is 11.2. The molecule has 0 atom stereocenters. The molecule has 0 saturated heterocycles. The molecule has 0 aliphatic rings. The molecule has 0 heterocycles. The zero-order chi connectivity index (χ0) is 20.0. The van der Waals surface area contributed by atoms with E-state index in [-0.39, 0.29) is 11.4 Å². The fourth-order valence-corrected chi connectivity index (χ4v) is 3.94. The van der Waals surface area contributed by atoms with Crippen LogP contribution in [0.1, 0.15) is 5.56 Å². The van der Waals surface area contributed by atoms with Gasteiger partial charge >= 0.3 is 0 Å². The number of nitrogens with one attached hydrogen (secondary N) is 1. The lowest BCUT2D eigenvalue weighted by atomic mass is 10.1. The smallest absolute Gasteiger partial charge is 0.240 e. The number of rotatable bonds is 8. The predicted octanol–water partition coefficient (Wildman–Crippen LogP) is 3.89. The molecule has 5 nitrogen and oxygen atoms in total. The van der Waals surface area contributed by atoms with Gasteiger partial charge in [0, 0.05) is 6.54 Å². The molecular weight excluding hydrogens is 374 g/mol. The lowest BCUT2D eigenvalue weighted by Crippen LogP contribution is -2.26. The van der Waals surface area contributed by atoms with Crippen molar-refractivity contribution in [1.29, 1.82) is 0 Å². The molecule has 3 rings (SSSR count). The molecule has 0 bridgehead atoms. The molecule has 0 saturated carbocycles. The molecule has 1 N–H and O–H groups in total. The molecule has 3 aromatic carbocycles. The molecule has 0 amide bonds. The fourth-order valence-electron chi connectivity index (χ4n) is 2.91. The van der Waals surface area contributed by atoms with Crippen LogP contribution in [0.5, 0.6) is 11.5 Å². The Morgan fingerprint density at radius 2 is 1.43 bits per heavy atom. The summed E-state index contributed by atoms with van der Waals surface area (Å²) < 4.78 is 38.2. The average molecular weight is 397 g/mol. The number of benzene rings is 3. The van der Waals surface area contributed by atoms with E-state index >= 15 is 0 Å². The lowest BCUT2D eigenvalue weighted by Gasteiger charge is -2.11. The van der Waals surface area contributed by atoms with E-state index in [4.69, 9.17) is 9.47 Å². The number of hydrogen-bond acceptors (Lipinski definition) is 4. The molecule has 0 unspecified atom stereocenters. The van der Waals surface area contributed by atoms with Gasteiger partial charge in [-0.2, -0.15) is 0 Å². The maximum Gasteiger partial charge on any atom is 0.240 e. The SMILES string of the molecule is COc1ccc(CCNS(=O)(=O)c2ccc(-c3ccccc3)cc2)cc1OC. The highest BCUT2D eigenvalue weighted by Gasteiger charge is 2.14. The Balaban J connectivity index is 1.64. The number of ether oxygens (including phenoxy) is 2. The lowest BCUT2D eigenvalue weighted by molar-refractivity contribution is 0.354. The first-order chi connectivity index (χ1) is 13.5. The Labute approximate surface area is 166 Å². The van der Waals surface area contributed by atoms with Crippen LogP contribution in [-0.2, 0) is 16.4 Å². The van der Waals surface area contributed by atoms with Crippen LogP contribution in [-0.4, -0.2) is 29.2 Å². The molecular formula is C22H23NO4S. The molecule has 0 aliphatic carbocycles. The minimum Gasteiger partial charge on any atom is -0.493 e. The maximum absolute atomic E-state index is 12.5. The van der Waals surface area contributed by atoms with Crippen molar-refractivity contribution in [3.05, 3.63) is 78.4 Å². The second-order valence-electron chi connectivity index (χ2n) is 6.23. The van der Waals surface area contributed by atoms with Gasteiger partial charge in [0.1, 0.15) is 0 Å². The molecule has 0 aliphatic heterocycles. The summed E-state index contributed by atoms with van der Waals surface area (Å²) in [4.78, 5) is 0.250. The van der Waals surface area contributed by atoms with Crippen molar-refractivity contribution in [2.45, 2.75) is 11.3 Å². The molecule has 0 radical (unpaired) electrons. The standard InChI is InChI=1S/C22H23NO4S/c1-26-21-13-8-17(16-22(21)27-2)14-15-23-28(24,25)20-11-9-19(10-12-20)18-6-4-3-5-7-18/h3-13,16,23H,14-15H2,1-2H3. The first-order valence-corrected chi connectivity index (χ1v) is 10.4. The van der Waals surface area contributed by atoms with Crippen molar-refractivity contribution in [1.82, 2.24) is 4.72 Å². The van der Waals surface area contributed by atoms with Crippen LogP contribution >= 0.6 is 0 Å². The van der Waals surface area contributed by atoms with Crippen molar-refractivity contribution in [2.24, 2.45) is 0 Å². The molecule has 146 valence electrons. The van der Waals surface area contributed by atoms with Gasteiger partial charge in [-0.05, 0) is 47.4 Å². The summed E-state index contributed by atoms with van der Waals surface area (Å²) in [5, 5.41) is 0. The van der Waals surface area contributed by atoms with Gasteiger partial charge in [-0.3, -0.25) is 0 Å². The number of sulfonamides is 1. The summed E-state index contributed by atoms with van der Waals surface area (Å²) in [6, 6.07) is 22.3. The van der Waals surface area contributed by atoms with Crippen LogP contribution in [0.25, 0.3) is 11.1 Å². The number of hydrogen-bond donors (Lipinski definition) is 1. The first kappa shape index (κ1) is 19.9. The molecule has 3 aromatic rings. The van der Waals surface area contributed by atoms with Crippen LogP contribution in [0.3, 0.4) is 0 Å². The van der Waals surface area contributed by atoms with E-state index in [0.29, 0.717) is 17.9 Å². The Bertz CT molecular complexity index is 1020. The largest absolute Gasteiger partial charge is 0.493 e. The topological polar surface area (TPSA) is 64.6 Å². The molecule has 0 aromatic heterocycles. The Morgan fingerprint density at radius 1 is 0.786 bits per heavy atom. The zero-order valence-electron chi connectivity index (χ0n) is 15.9. The van der Waals surface area contributed by atoms with E-state index in [1.54, 1.807) is 26.4 Å². The highest BCUT2D eigenvalue weighted by Crippen LogP contribution is 2.27. The minimum absolute atomic E-state index is 0.250. The Morgan fingerprint density at radius 3 is 2.07 bits per heavy atom. The Kier molecular flexibility index (Phi) is 6.34. The van der Waals surface area contributed by atoms with Crippen LogP contribution in [0.15, 0.2) is 77.7 Å². The van der Waals surface area contributed by atoms with E-state index in [2.05, 4.69) is 4.72 Å². The average Bonchev–Trinajstić information content (AvgIpc) is 2.74. The van der Waals surface area contributed by atoms with Gasteiger partial charge in [0.05, 0.1) is 19.1 Å². The molecule has 28 heavy (non-hydrogen) atoms. The van der Waals surface area contributed by atoms with Crippen LogP contribution in [0, 0.1) is 0 Å². The minimum atomic E-state index is -3.56. The summed E-state index contributed by atoms with van der Waals surface area (Å²) >= 11 is 0. The van der Waals surface area contributed by atoms with Gasteiger partial charge in [0.2, 0.25) is 10.0 Å². The molecule has 6 heteroatoms. The van der Waals surface area contributed by atoms with Gasteiger partial charge in [0.15, 0.2) is 11.5 Å². The van der Waals surface area contributed by atoms with E-state index < -0.39 is 10.0 Å². The molecule has 0 spiro atoms. The van der Waals surface area contributed by atoms with Gasteiger partial charge < -0.3 is 9.47 Å². The highest BCUT2D eigenvalue weighted by atomic mass is 32.2. The summed E-state index contributed by atoms with van der Waals surface area (Å²) in [6.07, 6.45) is 0.543. The summed E-state index contributed by atoms with van der Waals surface area (Å²) in [7, 11) is -0.413. The van der Waals surface area contributed by atoms with Crippen LogP contribution in [0.2, 0.25) is 0 Å².